The Hall–Kier alpha value is -0.740. The van der Waals surface area contributed by atoms with E-state index in [1.807, 2.05) is 0 Å². The van der Waals surface area contributed by atoms with E-state index < -0.39 is 0 Å². The number of methoxy groups -OCH3 is 1. The van der Waals surface area contributed by atoms with Gasteiger partial charge in [0.25, 0.3) is 0 Å². The first-order chi connectivity index (χ1) is 9.09. The molecule has 0 radical (unpaired) electrons. The van der Waals surface area contributed by atoms with Crippen LogP contribution in [0.5, 0.6) is 11.5 Å². The standard InChI is InChI=1S/C15H20BrNO2/c1-18-14-12(16)6-11(8-15(17)4-5-15)7-13(14)19-9-10-2-3-10/h6-7,10H,2-5,8-9,17H2,1H3. The lowest BCUT2D eigenvalue weighted by molar-refractivity contribution is 0.279. The minimum atomic E-state index is 0.0157. The smallest absolute Gasteiger partial charge is 0.174 e. The van der Waals surface area contributed by atoms with Crippen molar-refractivity contribution in [1.82, 2.24) is 0 Å². The van der Waals surface area contributed by atoms with Gasteiger partial charge in [0.15, 0.2) is 11.5 Å². The van der Waals surface area contributed by atoms with Gasteiger partial charge >= 0.3 is 0 Å². The first-order valence-corrected chi connectivity index (χ1v) is 7.67. The van der Waals surface area contributed by atoms with Crippen LogP contribution in [-0.4, -0.2) is 19.3 Å². The van der Waals surface area contributed by atoms with E-state index in [9.17, 15) is 0 Å². The highest BCUT2D eigenvalue weighted by Gasteiger charge is 2.38. The molecular formula is C15H20BrNO2. The molecule has 2 aliphatic rings. The summed E-state index contributed by atoms with van der Waals surface area (Å²) in [6.07, 6.45) is 5.73. The zero-order valence-corrected chi connectivity index (χ0v) is 12.8. The van der Waals surface area contributed by atoms with Crippen molar-refractivity contribution in [1.29, 1.82) is 0 Å². The summed E-state index contributed by atoms with van der Waals surface area (Å²) in [5.74, 6) is 2.35. The van der Waals surface area contributed by atoms with E-state index >= 15 is 0 Å². The summed E-state index contributed by atoms with van der Waals surface area (Å²) in [7, 11) is 1.68. The van der Waals surface area contributed by atoms with Crippen molar-refractivity contribution in [3.05, 3.63) is 22.2 Å². The monoisotopic (exact) mass is 325 g/mol. The molecule has 2 saturated carbocycles. The quantitative estimate of drug-likeness (QED) is 0.872. The van der Waals surface area contributed by atoms with Crippen molar-refractivity contribution < 1.29 is 9.47 Å². The lowest BCUT2D eigenvalue weighted by atomic mass is 10.0. The number of rotatable bonds is 6. The Morgan fingerprint density at radius 3 is 2.68 bits per heavy atom. The lowest BCUT2D eigenvalue weighted by Gasteiger charge is -2.15. The summed E-state index contributed by atoms with van der Waals surface area (Å²) in [5, 5.41) is 0. The number of ether oxygens (including phenoxy) is 2. The van der Waals surface area contributed by atoms with E-state index in [1.165, 1.54) is 18.4 Å². The summed E-state index contributed by atoms with van der Waals surface area (Å²) in [5.41, 5.74) is 7.43. The summed E-state index contributed by atoms with van der Waals surface area (Å²) >= 11 is 3.56. The van der Waals surface area contributed by atoms with Gasteiger partial charge in [-0.05, 0) is 71.6 Å². The van der Waals surface area contributed by atoms with Crippen LogP contribution < -0.4 is 15.2 Å². The average Bonchev–Trinajstić information content (AvgIpc) is 3.25. The molecule has 0 atom stereocenters. The molecule has 0 aliphatic heterocycles. The van der Waals surface area contributed by atoms with E-state index in [1.54, 1.807) is 7.11 Å². The van der Waals surface area contributed by atoms with Crippen molar-refractivity contribution in [3.8, 4) is 11.5 Å². The molecule has 0 saturated heterocycles. The Balaban J connectivity index is 1.80. The number of hydrogen-bond donors (Lipinski definition) is 1. The molecule has 1 aromatic carbocycles. The topological polar surface area (TPSA) is 44.5 Å². The minimum absolute atomic E-state index is 0.0157. The molecule has 104 valence electrons. The van der Waals surface area contributed by atoms with E-state index in [4.69, 9.17) is 15.2 Å². The third-order valence-electron chi connectivity index (χ3n) is 3.89. The van der Waals surface area contributed by atoms with Crippen molar-refractivity contribution in [2.45, 2.75) is 37.6 Å². The molecule has 4 heteroatoms. The van der Waals surface area contributed by atoms with Crippen molar-refractivity contribution in [2.24, 2.45) is 11.7 Å². The number of benzene rings is 1. The highest BCUT2D eigenvalue weighted by molar-refractivity contribution is 9.10. The molecule has 2 aliphatic carbocycles. The van der Waals surface area contributed by atoms with Crippen molar-refractivity contribution in [3.63, 3.8) is 0 Å². The summed E-state index contributed by atoms with van der Waals surface area (Å²) in [6, 6.07) is 4.18. The van der Waals surface area contributed by atoms with Gasteiger partial charge in [-0.2, -0.15) is 0 Å². The average molecular weight is 326 g/mol. The van der Waals surface area contributed by atoms with Crippen LogP contribution in [0.3, 0.4) is 0 Å². The van der Waals surface area contributed by atoms with Gasteiger partial charge in [0.2, 0.25) is 0 Å². The molecule has 2 fully saturated rings. The second-order valence-corrected chi connectivity index (χ2v) is 6.76. The summed E-state index contributed by atoms with van der Waals surface area (Å²) < 4.78 is 12.3. The van der Waals surface area contributed by atoms with Gasteiger partial charge in [-0.15, -0.1) is 0 Å². The molecule has 0 aromatic heterocycles. The number of hydrogen-bond acceptors (Lipinski definition) is 3. The Morgan fingerprint density at radius 1 is 1.37 bits per heavy atom. The van der Waals surface area contributed by atoms with E-state index in [0.717, 1.165) is 47.8 Å². The molecule has 1 aromatic rings. The van der Waals surface area contributed by atoms with Gasteiger partial charge in [-0.1, -0.05) is 0 Å². The molecule has 0 unspecified atom stereocenters. The zero-order chi connectivity index (χ0) is 13.5. The largest absolute Gasteiger partial charge is 0.492 e. The fourth-order valence-electron chi connectivity index (χ4n) is 2.26. The van der Waals surface area contributed by atoms with Gasteiger partial charge in [0, 0.05) is 5.54 Å². The van der Waals surface area contributed by atoms with Crippen LogP contribution in [0.25, 0.3) is 0 Å². The van der Waals surface area contributed by atoms with Gasteiger partial charge in [0.05, 0.1) is 18.2 Å². The van der Waals surface area contributed by atoms with Crippen LogP contribution in [0.4, 0.5) is 0 Å². The predicted octanol–water partition coefficient (Wildman–Crippen LogP) is 3.28. The maximum atomic E-state index is 6.19. The molecule has 0 bridgehead atoms. The SMILES string of the molecule is COc1c(Br)cc(CC2(N)CC2)cc1OCC1CC1. The third-order valence-corrected chi connectivity index (χ3v) is 4.48. The third kappa shape index (κ3) is 3.23. The molecule has 0 heterocycles. The summed E-state index contributed by atoms with van der Waals surface area (Å²) in [4.78, 5) is 0. The molecule has 3 rings (SSSR count). The molecular weight excluding hydrogens is 306 g/mol. The normalized spacial score (nSPS) is 20.2. The van der Waals surface area contributed by atoms with Crippen LogP contribution in [0.2, 0.25) is 0 Å². The van der Waals surface area contributed by atoms with Crippen LogP contribution in [0.1, 0.15) is 31.2 Å². The Labute approximate surface area is 122 Å². The Kier molecular flexibility index (Phi) is 3.48. The molecule has 3 nitrogen and oxygen atoms in total. The van der Waals surface area contributed by atoms with Crippen LogP contribution in [0.15, 0.2) is 16.6 Å². The minimum Gasteiger partial charge on any atom is -0.492 e. The predicted molar refractivity (Wildman–Crippen MR) is 78.8 cm³/mol. The maximum Gasteiger partial charge on any atom is 0.174 e. The second kappa shape index (κ2) is 4.98. The van der Waals surface area contributed by atoms with E-state index in [2.05, 4.69) is 28.1 Å². The Morgan fingerprint density at radius 2 is 2.11 bits per heavy atom. The van der Waals surface area contributed by atoms with Gasteiger partial charge < -0.3 is 15.2 Å². The molecule has 0 spiro atoms. The second-order valence-electron chi connectivity index (χ2n) is 5.90. The number of halogens is 1. The van der Waals surface area contributed by atoms with Crippen LogP contribution in [-0.2, 0) is 6.42 Å². The van der Waals surface area contributed by atoms with E-state index in [-0.39, 0.29) is 5.54 Å². The van der Waals surface area contributed by atoms with Gasteiger partial charge in [-0.25, -0.2) is 0 Å². The molecule has 19 heavy (non-hydrogen) atoms. The van der Waals surface area contributed by atoms with Crippen LogP contribution in [0, 0.1) is 5.92 Å². The molecule has 2 N–H and O–H groups in total. The molecule has 0 amide bonds. The fourth-order valence-corrected chi connectivity index (χ4v) is 2.92. The summed E-state index contributed by atoms with van der Waals surface area (Å²) in [6.45, 7) is 0.792. The first-order valence-electron chi connectivity index (χ1n) is 6.88. The first kappa shape index (κ1) is 13.3. The lowest BCUT2D eigenvalue weighted by Crippen LogP contribution is -2.24. The van der Waals surface area contributed by atoms with E-state index in [0.29, 0.717) is 0 Å². The van der Waals surface area contributed by atoms with Gasteiger partial charge in [0.1, 0.15) is 0 Å². The van der Waals surface area contributed by atoms with Crippen molar-refractivity contribution >= 4 is 15.9 Å². The van der Waals surface area contributed by atoms with Crippen molar-refractivity contribution in [2.75, 3.05) is 13.7 Å². The maximum absolute atomic E-state index is 6.19. The van der Waals surface area contributed by atoms with Crippen LogP contribution >= 0.6 is 15.9 Å². The zero-order valence-electron chi connectivity index (χ0n) is 11.2. The Bertz CT molecular complexity index is 481. The van der Waals surface area contributed by atoms with Gasteiger partial charge in [-0.3, -0.25) is 0 Å². The highest BCUT2D eigenvalue weighted by atomic mass is 79.9. The highest BCUT2D eigenvalue weighted by Crippen LogP contribution is 2.41. The fraction of sp³-hybridized carbons (Fsp3) is 0.600. The number of nitrogens with two attached hydrogens (primary N) is 1.